The molecule has 5 aromatic rings. The number of fused-ring (bicyclic) bond motifs is 1. The number of aromatic nitrogens is 3. The van der Waals surface area contributed by atoms with E-state index in [0.29, 0.717) is 17.1 Å². The van der Waals surface area contributed by atoms with E-state index in [1.54, 1.807) is 6.20 Å². The van der Waals surface area contributed by atoms with Crippen LogP contribution in [0, 0.1) is 0 Å². The molecule has 3 aromatic heterocycles. The summed E-state index contributed by atoms with van der Waals surface area (Å²) < 4.78 is 6.23. The van der Waals surface area contributed by atoms with Crippen LogP contribution in [0.3, 0.4) is 0 Å². The van der Waals surface area contributed by atoms with Crippen molar-refractivity contribution >= 4 is 22.2 Å². The quantitative estimate of drug-likeness (QED) is 0.354. The van der Waals surface area contributed by atoms with E-state index < -0.39 is 0 Å². The topological polar surface area (TPSA) is 71.1 Å². The number of benzene rings is 2. The van der Waals surface area contributed by atoms with Gasteiger partial charge >= 0.3 is 0 Å². The molecule has 0 radical (unpaired) electrons. The van der Waals surface area contributed by atoms with Gasteiger partial charge in [0.15, 0.2) is 0 Å². The van der Waals surface area contributed by atoms with E-state index in [-0.39, 0.29) is 11.7 Å². The fourth-order valence-electron chi connectivity index (χ4n) is 4.52. The molecule has 1 unspecified atom stereocenters. The molecule has 0 bridgehead atoms. The Labute approximate surface area is 206 Å². The number of hydrogen-bond acceptors (Lipinski definition) is 6. The Morgan fingerprint density at radius 1 is 1.06 bits per heavy atom. The van der Waals surface area contributed by atoms with Gasteiger partial charge in [0.25, 0.3) is 5.56 Å². The number of rotatable bonds is 6. The first kappa shape index (κ1) is 21.7. The third-order valence-electron chi connectivity index (χ3n) is 6.28. The van der Waals surface area contributed by atoms with Crippen LogP contribution >= 0.6 is 11.3 Å². The van der Waals surface area contributed by atoms with Gasteiger partial charge in [-0.3, -0.25) is 9.69 Å². The lowest BCUT2D eigenvalue weighted by Gasteiger charge is -2.16. The second-order valence-electron chi connectivity index (χ2n) is 8.77. The summed E-state index contributed by atoms with van der Waals surface area (Å²) in [6.07, 6.45) is 2.85. The predicted octanol–water partition coefficient (Wildman–Crippen LogP) is 5.37. The molecule has 2 aromatic carbocycles. The Kier molecular flexibility index (Phi) is 5.86. The number of nitrogens with one attached hydrogen (secondary N) is 1. The Bertz CT molecular complexity index is 1530. The highest BCUT2D eigenvalue weighted by molar-refractivity contribution is 7.13. The summed E-state index contributed by atoms with van der Waals surface area (Å²) in [5.41, 5.74) is 4.17. The molecule has 0 aliphatic carbocycles. The summed E-state index contributed by atoms with van der Waals surface area (Å²) >= 11 is 1.51. The Morgan fingerprint density at radius 2 is 1.91 bits per heavy atom. The second kappa shape index (κ2) is 9.44. The van der Waals surface area contributed by atoms with E-state index in [1.807, 2.05) is 53.9 Å². The van der Waals surface area contributed by atoms with Crippen LogP contribution in [0.5, 0.6) is 5.88 Å². The Hall–Kier alpha value is -3.81. The van der Waals surface area contributed by atoms with Gasteiger partial charge in [-0.15, -0.1) is 11.3 Å². The van der Waals surface area contributed by atoms with E-state index in [0.717, 1.165) is 47.5 Å². The van der Waals surface area contributed by atoms with Crippen molar-refractivity contribution < 1.29 is 4.74 Å². The number of para-hydroxylation sites is 1. The minimum absolute atomic E-state index is 0.115. The van der Waals surface area contributed by atoms with Crippen LogP contribution in [0.15, 0.2) is 89.2 Å². The minimum atomic E-state index is -0.138. The largest absolute Gasteiger partial charge is 0.473 e. The van der Waals surface area contributed by atoms with Crippen LogP contribution < -0.4 is 10.3 Å². The summed E-state index contributed by atoms with van der Waals surface area (Å²) in [6, 6.07) is 24.0. The highest BCUT2D eigenvalue weighted by Gasteiger charge is 2.24. The molecule has 1 aliphatic rings. The molecule has 1 atom stereocenters. The van der Waals surface area contributed by atoms with Crippen molar-refractivity contribution in [2.45, 2.75) is 19.1 Å². The highest BCUT2D eigenvalue weighted by atomic mass is 32.1. The lowest BCUT2D eigenvalue weighted by molar-refractivity contribution is 0.191. The van der Waals surface area contributed by atoms with Crippen molar-refractivity contribution in [2.24, 2.45) is 0 Å². The average Bonchev–Trinajstić information content (AvgIpc) is 3.54. The van der Waals surface area contributed by atoms with E-state index in [1.165, 1.54) is 16.9 Å². The van der Waals surface area contributed by atoms with Crippen LogP contribution in [0.4, 0.5) is 0 Å². The number of nitrogens with zero attached hydrogens (tertiary/aromatic N) is 3. The second-order valence-corrected chi connectivity index (χ2v) is 9.63. The molecule has 1 aliphatic heterocycles. The zero-order valence-electron chi connectivity index (χ0n) is 19.1. The molecule has 6 rings (SSSR count). The first-order valence-corrected chi connectivity index (χ1v) is 12.6. The maximum atomic E-state index is 12.6. The third kappa shape index (κ3) is 4.73. The summed E-state index contributed by atoms with van der Waals surface area (Å²) in [5.74, 6) is 0.606. The fourth-order valence-corrected chi connectivity index (χ4v) is 5.34. The molecule has 1 N–H and O–H groups in total. The number of H-pyrrole nitrogens is 1. The summed E-state index contributed by atoms with van der Waals surface area (Å²) in [6.45, 7) is 2.83. The molecule has 1 fully saturated rings. The summed E-state index contributed by atoms with van der Waals surface area (Å²) in [5, 5.41) is 3.74. The van der Waals surface area contributed by atoms with Gasteiger partial charge in [0, 0.05) is 48.4 Å². The van der Waals surface area contributed by atoms with Gasteiger partial charge in [-0.25, -0.2) is 9.97 Å². The molecular weight excluding hydrogens is 456 g/mol. The van der Waals surface area contributed by atoms with Gasteiger partial charge in [-0.1, -0.05) is 48.5 Å². The van der Waals surface area contributed by atoms with Crippen LogP contribution in [0.2, 0.25) is 0 Å². The fraction of sp³-hybridized carbons (Fsp3) is 0.179. The van der Waals surface area contributed by atoms with Crippen LogP contribution in [0.25, 0.3) is 32.7 Å². The zero-order chi connectivity index (χ0) is 23.6. The van der Waals surface area contributed by atoms with Crippen molar-refractivity contribution in [2.75, 3.05) is 13.1 Å². The highest BCUT2D eigenvalue weighted by Crippen LogP contribution is 2.30. The average molecular weight is 481 g/mol. The molecule has 0 spiro atoms. The normalized spacial score (nSPS) is 16.1. The van der Waals surface area contributed by atoms with Crippen molar-refractivity contribution in [1.82, 2.24) is 19.9 Å². The maximum Gasteiger partial charge on any atom is 0.257 e. The third-order valence-corrected chi connectivity index (χ3v) is 7.17. The smallest absolute Gasteiger partial charge is 0.257 e. The van der Waals surface area contributed by atoms with Gasteiger partial charge in [-0.2, -0.15) is 0 Å². The van der Waals surface area contributed by atoms with Gasteiger partial charge < -0.3 is 9.72 Å². The molecule has 0 amide bonds. The van der Waals surface area contributed by atoms with E-state index >= 15 is 0 Å². The van der Waals surface area contributed by atoms with E-state index in [4.69, 9.17) is 9.72 Å². The lowest BCUT2D eigenvalue weighted by atomic mass is 10.1. The number of likely N-dealkylation sites (tertiary alicyclic amines) is 1. The first-order valence-electron chi connectivity index (χ1n) is 11.7. The zero-order valence-corrected chi connectivity index (χ0v) is 19.9. The van der Waals surface area contributed by atoms with Gasteiger partial charge in [0.1, 0.15) is 11.1 Å². The van der Waals surface area contributed by atoms with Crippen LogP contribution in [0.1, 0.15) is 12.0 Å². The summed E-state index contributed by atoms with van der Waals surface area (Å²) in [4.78, 5) is 27.2. The maximum absolute atomic E-state index is 12.6. The van der Waals surface area contributed by atoms with E-state index in [9.17, 15) is 4.79 Å². The van der Waals surface area contributed by atoms with Gasteiger partial charge in [-0.05, 0) is 35.6 Å². The lowest BCUT2D eigenvalue weighted by Crippen LogP contribution is -2.24. The van der Waals surface area contributed by atoms with Crippen LogP contribution in [-0.4, -0.2) is 39.0 Å². The van der Waals surface area contributed by atoms with Crippen molar-refractivity contribution in [1.29, 1.82) is 0 Å². The Balaban J connectivity index is 1.17. The number of pyridine rings is 2. The molecule has 6 nitrogen and oxygen atoms in total. The predicted molar refractivity (Wildman–Crippen MR) is 140 cm³/mol. The molecule has 7 heteroatoms. The standard InChI is InChI=1S/C28H24N4O2S/c33-27-23(14-20-8-4-5-9-24(20)30-27)25-18-35-28(31-25)21-10-12-29-26(15-21)34-22-11-13-32(17-22)16-19-6-2-1-3-7-19/h1-10,12,14-15,18,22H,11,13,16-17H2,(H,30,33). The van der Waals surface area contributed by atoms with Crippen molar-refractivity contribution in [3.05, 3.63) is 100 Å². The number of hydrogen-bond donors (Lipinski definition) is 1. The molecule has 1 saturated heterocycles. The molecule has 0 saturated carbocycles. The molecule has 4 heterocycles. The monoisotopic (exact) mass is 480 g/mol. The molecular formula is C28H24N4O2S. The SMILES string of the molecule is O=c1[nH]c2ccccc2cc1-c1csc(-c2ccnc(OC3CCN(Cc4ccccc4)C3)c2)n1. The number of thiazole rings is 1. The van der Waals surface area contributed by atoms with Crippen LogP contribution in [-0.2, 0) is 6.54 Å². The van der Waals surface area contributed by atoms with Crippen molar-refractivity contribution in [3.8, 4) is 27.7 Å². The van der Waals surface area contributed by atoms with E-state index in [2.05, 4.69) is 39.1 Å². The Morgan fingerprint density at radius 3 is 2.83 bits per heavy atom. The van der Waals surface area contributed by atoms with Gasteiger partial charge in [0.05, 0.1) is 11.3 Å². The first-order chi connectivity index (χ1) is 17.2. The molecule has 35 heavy (non-hydrogen) atoms. The minimum Gasteiger partial charge on any atom is -0.473 e. The summed E-state index contributed by atoms with van der Waals surface area (Å²) in [7, 11) is 0. The number of aromatic amines is 1. The van der Waals surface area contributed by atoms with Crippen molar-refractivity contribution in [3.63, 3.8) is 0 Å². The van der Waals surface area contributed by atoms with Gasteiger partial charge in [0.2, 0.25) is 5.88 Å². The number of ether oxygens (including phenoxy) is 1. The molecule has 174 valence electrons.